The van der Waals surface area contributed by atoms with Crippen LogP contribution in [0.1, 0.15) is 25.3 Å². The Balaban J connectivity index is 1.68. The number of hydrogen-bond donors (Lipinski definition) is 1. The largest absolute Gasteiger partial charge is 0.492 e. The van der Waals surface area contributed by atoms with E-state index in [4.69, 9.17) is 22.1 Å². The molecule has 2 aliphatic heterocycles. The summed E-state index contributed by atoms with van der Waals surface area (Å²) in [5.41, 5.74) is 7.04. The van der Waals surface area contributed by atoms with Crippen molar-refractivity contribution < 1.29 is 9.53 Å². The van der Waals surface area contributed by atoms with E-state index in [-0.39, 0.29) is 17.9 Å². The molecule has 0 bridgehead atoms. The van der Waals surface area contributed by atoms with Gasteiger partial charge >= 0.3 is 0 Å². The Bertz CT molecular complexity index is 562. The molecule has 3 rings (SSSR count). The molecule has 0 spiro atoms. The van der Waals surface area contributed by atoms with Crippen LogP contribution < -0.4 is 10.5 Å². The third kappa shape index (κ3) is 3.23. The van der Waals surface area contributed by atoms with Crippen molar-refractivity contribution in [2.45, 2.75) is 32.2 Å². The van der Waals surface area contributed by atoms with Crippen LogP contribution in [-0.4, -0.2) is 36.5 Å². The van der Waals surface area contributed by atoms with E-state index in [2.05, 4.69) is 0 Å². The SMILES string of the molecule is CC(N)C1CCCN(C(=O)C2COc3ccc(Cl)cc3C2)C1. The van der Waals surface area contributed by atoms with Gasteiger partial charge in [-0.15, -0.1) is 0 Å². The molecule has 0 aliphatic carbocycles. The molecular formula is C17H23ClN2O2. The van der Waals surface area contributed by atoms with Crippen LogP contribution in [0.15, 0.2) is 18.2 Å². The van der Waals surface area contributed by atoms with Gasteiger partial charge in [-0.1, -0.05) is 11.6 Å². The molecule has 22 heavy (non-hydrogen) atoms. The molecule has 2 N–H and O–H groups in total. The zero-order chi connectivity index (χ0) is 15.7. The van der Waals surface area contributed by atoms with Crippen LogP contribution in [0.5, 0.6) is 5.75 Å². The minimum absolute atomic E-state index is 0.113. The average Bonchev–Trinajstić information content (AvgIpc) is 2.53. The zero-order valence-corrected chi connectivity index (χ0v) is 13.7. The lowest BCUT2D eigenvalue weighted by Crippen LogP contribution is -2.48. The van der Waals surface area contributed by atoms with Crippen molar-refractivity contribution >= 4 is 17.5 Å². The van der Waals surface area contributed by atoms with Crippen molar-refractivity contribution in [2.75, 3.05) is 19.7 Å². The lowest BCUT2D eigenvalue weighted by molar-refractivity contribution is -0.138. The monoisotopic (exact) mass is 322 g/mol. The van der Waals surface area contributed by atoms with Gasteiger partial charge in [0.2, 0.25) is 5.91 Å². The first-order chi connectivity index (χ1) is 10.5. The van der Waals surface area contributed by atoms with E-state index in [1.807, 2.05) is 30.0 Å². The Morgan fingerprint density at radius 1 is 1.50 bits per heavy atom. The third-order valence-corrected chi connectivity index (χ3v) is 5.03. The molecule has 1 aromatic rings. The van der Waals surface area contributed by atoms with Crippen molar-refractivity contribution in [1.82, 2.24) is 4.90 Å². The lowest BCUT2D eigenvalue weighted by atomic mass is 9.90. The average molecular weight is 323 g/mol. The Morgan fingerprint density at radius 2 is 2.32 bits per heavy atom. The normalized spacial score (nSPS) is 26.0. The van der Waals surface area contributed by atoms with Crippen molar-refractivity contribution in [3.63, 3.8) is 0 Å². The van der Waals surface area contributed by atoms with Gasteiger partial charge in [-0.05, 0) is 55.9 Å². The van der Waals surface area contributed by atoms with Gasteiger partial charge in [0.15, 0.2) is 0 Å². The van der Waals surface area contributed by atoms with Crippen LogP contribution in [0.3, 0.4) is 0 Å². The standard InChI is InChI=1S/C17H23ClN2O2/c1-11(19)12-3-2-6-20(9-12)17(21)14-7-13-8-15(18)4-5-16(13)22-10-14/h4-5,8,11-12,14H,2-3,6-7,9-10,19H2,1H3. The van der Waals surface area contributed by atoms with Crippen LogP contribution in [0.25, 0.3) is 0 Å². The Labute approximate surface area is 136 Å². The summed E-state index contributed by atoms with van der Waals surface area (Å²) in [4.78, 5) is 14.8. The van der Waals surface area contributed by atoms with Gasteiger partial charge < -0.3 is 15.4 Å². The number of rotatable bonds is 2. The molecule has 3 unspecified atom stereocenters. The number of piperidine rings is 1. The van der Waals surface area contributed by atoms with Crippen LogP contribution >= 0.6 is 11.6 Å². The first kappa shape index (κ1) is 15.6. The molecule has 3 atom stereocenters. The first-order valence-electron chi connectivity index (χ1n) is 8.00. The van der Waals surface area contributed by atoms with Crippen LogP contribution in [0.2, 0.25) is 5.02 Å². The summed E-state index contributed by atoms with van der Waals surface area (Å²) in [5, 5.41) is 0.686. The highest BCUT2D eigenvalue weighted by atomic mass is 35.5. The van der Waals surface area contributed by atoms with Crippen molar-refractivity contribution in [3.05, 3.63) is 28.8 Å². The molecule has 120 valence electrons. The van der Waals surface area contributed by atoms with E-state index in [0.717, 1.165) is 37.2 Å². The number of ether oxygens (including phenoxy) is 1. The third-order valence-electron chi connectivity index (χ3n) is 4.79. The summed E-state index contributed by atoms with van der Waals surface area (Å²) in [6.07, 6.45) is 2.85. The number of likely N-dealkylation sites (tertiary alicyclic amines) is 1. The highest BCUT2D eigenvalue weighted by molar-refractivity contribution is 6.30. The second-order valence-corrected chi connectivity index (χ2v) is 6.95. The van der Waals surface area contributed by atoms with E-state index in [0.29, 0.717) is 24.0 Å². The summed E-state index contributed by atoms with van der Waals surface area (Å²) < 4.78 is 5.75. The number of nitrogens with two attached hydrogens (primary N) is 1. The maximum absolute atomic E-state index is 12.8. The number of benzene rings is 1. The smallest absolute Gasteiger partial charge is 0.229 e. The van der Waals surface area contributed by atoms with E-state index in [9.17, 15) is 4.79 Å². The number of fused-ring (bicyclic) bond motifs is 1. The summed E-state index contributed by atoms with van der Waals surface area (Å²) >= 11 is 6.04. The van der Waals surface area contributed by atoms with Crippen molar-refractivity contribution in [1.29, 1.82) is 0 Å². The molecule has 1 aromatic carbocycles. The molecule has 2 heterocycles. The molecule has 0 radical (unpaired) electrons. The number of amides is 1. The highest BCUT2D eigenvalue weighted by Gasteiger charge is 2.33. The Kier molecular flexibility index (Phi) is 4.59. The number of hydrogen-bond acceptors (Lipinski definition) is 3. The molecule has 4 nitrogen and oxygen atoms in total. The lowest BCUT2D eigenvalue weighted by Gasteiger charge is -2.37. The molecule has 0 saturated carbocycles. The fourth-order valence-corrected chi connectivity index (χ4v) is 3.61. The molecular weight excluding hydrogens is 300 g/mol. The molecule has 1 fully saturated rings. The molecule has 1 saturated heterocycles. The Hall–Kier alpha value is -1.26. The fourth-order valence-electron chi connectivity index (χ4n) is 3.42. The van der Waals surface area contributed by atoms with Crippen molar-refractivity contribution in [2.24, 2.45) is 17.6 Å². The molecule has 1 amide bonds. The van der Waals surface area contributed by atoms with Gasteiger partial charge in [0.25, 0.3) is 0 Å². The fraction of sp³-hybridized carbons (Fsp3) is 0.588. The van der Waals surface area contributed by atoms with Gasteiger partial charge in [-0.25, -0.2) is 0 Å². The van der Waals surface area contributed by atoms with Gasteiger partial charge in [-0.2, -0.15) is 0 Å². The maximum Gasteiger partial charge on any atom is 0.229 e. The number of carbonyl (C=O) groups excluding carboxylic acids is 1. The van der Waals surface area contributed by atoms with E-state index in [1.54, 1.807) is 0 Å². The quantitative estimate of drug-likeness (QED) is 0.910. The molecule has 5 heteroatoms. The van der Waals surface area contributed by atoms with Gasteiger partial charge in [0.05, 0.1) is 5.92 Å². The van der Waals surface area contributed by atoms with Crippen molar-refractivity contribution in [3.8, 4) is 5.75 Å². The second-order valence-electron chi connectivity index (χ2n) is 6.51. The van der Waals surface area contributed by atoms with E-state index >= 15 is 0 Å². The second kappa shape index (κ2) is 6.47. The zero-order valence-electron chi connectivity index (χ0n) is 12.9. The van der Waals surface area contributed by atoms with Gasteiger partial charge in [0, 0.05) is 24.2 Å². The topological polar surface area (TPSA) is 55.6 Å². The summed E-state index contributed by atoms with van der Waals surface area (Å²) in [5.74, 6) is 1.33. The van der Waals surface area contributed by atoms with Gasteiger partial charge in [0.1, 0.15) is 12.4 Å². The van der Waals surface area contributed by atoms with Crippen LogP contribution in [0, 0.1) is 11.8 Å². The van der Waals surface area contributed by atoms with Gasteiger partial charge in [-0.3, -0.25) is 4.79 Å². The molecule has 0 aromatic heterocycles. The minimum atomic E-state index is -0.113. The maximum atomic E-state index is 12.8. The summed E-state index contributed by atoms with van der Waals surface area (Å²) in [6.45, 7) is 4.09. The highest BCUT2D eigenvalue weighted by Crippen LogP contribution is 2.31. The van der Waals surface area contributed by atoms with Crippen LogP contribution in [0.4, 0.5) is 0 Å². The van der Waals surface area contributed by atoms with Crippen LogP contribution in [-0.2, 0) is 11.2 Å². The summed E-state index contributed by atoms with van der Waals surface area (Å²) in [6, 6.07) is 5.74. The molecule has 2 aliphatic rings. The summed E-state index contributed by atoms with van der Waals surface area (Å²) in [7, 11) is 0. The predicted octanol–water partition coefficient (Wildman–Crippen LogP) is 2.48. The first-order valence-corrected chi connectivity index (χ1v) is 8.38. The van der Waals surface area contributed by atoms with E-state index in [1.165, 1.54) is 0 Å². The minimum Gasteiger partial charge on any atom is -0.492 e. The number of halogens is 1. The number of nitrogens with zero attached hydrogens (tertiary/aromatic N) is 1. The Morgan fingerprint density at radius 3 is 3.09 bits per heavy atom. The van der Waals surface area contributed by atoms with E-state index < -0.39 is 0 Å². The number of carbonyl (C=O) groups is 1. The predicted molar refractivity (Wildman–Crippen MR) is 87.1 cm³/mol.